The number of amides is 1. The molecule has 0 spiro atoms. The first-order valence-electron chi connectivity index (χ1n) is 6.06. The van der Waals surface area contributed by atoms with E-state index in [1.54, 1.807) is 18.0 Å². The Morgan fingerprint density at radius 1 is 1.61 bits per heavy atom. The minimum absolute atomic E-state index is 0.0639. The van der Waals surface area contributed by atoms with Gasteiger partial charge in [-0.3, -0.25) is 9.78 Å². The maximum atomic E-state index is 11.7. The Balaban J connectivity index is 1.80. The van der Waals surface area contributed by atoms with Crippen LogP contribution in [0.3, 0.4) is 0 Å². The van der Waals surface area contributed by atoms with Gasteiger partial charge in [0.05, 0.1) is 12.0 Å². The van der Waals surface area contributed by atoms with Crippen LogP contribution in [0.25, 0.3) is 0 Å². The van der Waals surface area contributed by atoms with Gasteiger partial charge in [-0.05, 0) is 30.7 Å². The first-order chi connectivity index (χ1) is 8.57. The zero-order valence-electron chi connectivity index (χ0n) is 10.5. The summed E-state index contributed by atoms with van der Waals surface area (Å²) in [5.41, 5.74) is 1.12. The average molecular weight is 266 g/mol. The summed E-state index contributed by atoms with van der Waals surface area (Å²) in [5.74, 6) is 1.61. The molecule has 1 fully saturated rings. The molecule has 1 unspecified atom stereocenters. The van der Waals surface area contributed by atoms with Gasteiger partial charge < -0.3 is 10.4 Å². The van der Waals surface area contributed by atoms with Gasteiger partial charge in [0.1, 0.15) is 0 Å². The summed E-state index contributed by atoms with van der Waals surface area (Å²) < 4.78 is 0. The van der Waals surface area contributed by atoms with E-state index in [1.807, 2.05) is 19.1 Å². The molecule has 2 rings (SSSR count). The smallest absolute Gasteiger partial charge is 0.224 e. The van der Waals surface area contributed by atoms with Crippen molar-refractivity contribution < 1.29 is 9.90 Å². The van der Waals surface area contributed by atoms with E-state index in [1.165, 1.54) is 0 Å². The molecular weight excluding hydrogens is 248 g/mol. The molecule has 1 atom stereocenters. The van der Waals surface area contributed by atoms with Crippen molar-refractivity contribution in [2.24, 2.45) is 0 Å². The van der Waals surface area contributed by atoms with Crippen LogP contribution in [0.15, 0.2) is 18.3 Å². The van der Waals surface area contributed by atoms with Crippen molar-refractivity contribution in [1.29, 1.82) is 0 Å². The highest BCUT2D eigenvalue weighted by atomic mass is 32.2. The standard InChI is InChI=1S/C13H18N2O2S/c1-10-2-3-11(7-14-10)6-12(16)15-8-13(17)4-5-18-9-13/h2-3,7,17H,4-6,8-9H2,1H3,(H,15,16). The number of pyridine rings is 1. The van der Waals surface area contributed by atoms with Gasteiger partial charge >= 0.3 is 0 Å². The SMILES string of the molecule is Cc1ccc(CC(=O)NCC2(O)CCSC2)cn1. The number of carbonyl (C=O) groups excluding carboxylic acids is 1. The van der Waals surface area contributed by atoms with Crippen molar-refractivity contribution in [2.45, 2.75) is 25.4 Å². The van der Waals surface area contributed by atoms with Gasteiger partial charge in [-0.15, -0.1) is 0 Å². The van der Waals surface area contributed by atoms with Crippen molar-refractivity contribution in [1.82, 2.24) is 10.3 Å². The molecule has 1 amide bonds. The van der Waals surface area contributed by atoms with E-state index in [9.17, 15) is 9.90 Å². The van der Waals surface area contributed by atoms with Crippen LogP contribution in [-0.2, 0) is 11.2 Å². The van der Waals surface area contributed by atoms with Gasteiger partial charge in [0.25, 0.3) is 0 Å². The van der Waals surface area contributed by atoms with Gasteiger partial charge in [0.2, 0.25) is 5.91 Å². The lowest BCUT2D eigenvalue weighted by Crippen LogP contribution is -2.43. The minimum Gasteiger partial charge on any atom is -0.387 e. The maximum absolute atomic E-state index is 11.7. The number of aromatic nitrogens is 1. The maximum Gasteiger partial charge on any atom is 0.224 e. The van der Waals surface area contributed by atoms with Crippen LogP contribution in [0.5, 0.6) is 0 Å². The minimum atomic E-state index is -0.716. The monoisotopic (exact) mass is 266 g/mol. The molecule has 2 N–H and O–H groups in total. The van der Waals surface area contributed by atoms with Crippen molar-refractivity contribution in [3.05, 3.63) is 29.6 Å². The number of hydrogen-bond acceptors (Lipinski definition) is 4. The summed E-state index contributed by atoms with van der Waals surface area (Å²) >= 11 is 1.73. The Hall–Kier alpha value is -1.07. The molecule has 1 aliphatic rings. The third-order valence-corrected chi connectivity index (χ3v) is 4.27. The van der Waals surface area contributed by atoms with Crippen LogP contribution in [-0.4, -0.2) is 39.6 Å². The third-order valence-electron chi connectivity index (χ3n) is 3.03. The van der Waals surface area contributed by atoms with Crippen LogP contribution in [0.2, 0.25) is 0 Å². The van der Waals surface area contributed by atoms with Gasteiger partial charge in [-0.2, -0.15) is 11.8 Å². The van der Waals surface area contributed by atoms with Crippen LogP contribution < -0.4 is 5.32 Å². The van der Waals surface area contributed by atoms with Crippen LogP contribution in [0.1, 0.15) is 17.7 Å². The lowest BCUT2D eigenvalue weighted by Gasteiger charge is -2.21. The molecule has 1 aromatic rings. The quantitative estimate of drug-likeness (QED) is 0.850. The van der Waals surface area contributed by atoms with E-state index >= 15 is 0 Å². The molecule has 5 heteroatoms. The molecule has 1 aromatic heterocycles. The van der Waals surface area contributed by atoms with E-state index in [2.05, 4.69) is 10.3 Å². The first kappa shape index (κ1) is 13.4. The molecule has 0 aromatic carbocycles. The number of rotatable bonds is 4. The Morgan fingerprint density at radius 3 is 3.06 bits per heavy atom. The molecule has 1 aliphatic heterocycles. The molecule has 98 valence electrons. The van der Waals surface area contributed by atoms with E-state index < -0.39 is 5.60 Å². The number of nitrogens with one attached hydrogen (secondary N) is 1. The number of aryl methyl sites for hydroxylation is 1. The third kappa shape index (κ3) is 3.71. The second-order valence-electron chi connectivity index (χ2n) is 4.79. The van der Waals surface area contributed by atoms with Crippen molar-refractivity contribution in [2.75, 3.05) is 18.1 Å². The molecule has 0 bridgehead atoms. The number of hydrogen-bond donors (Lipinski definition) is 2. The largest absolute Gasteiger partial charge is 0.387 e. The van der Waals surface area contributed by atoms with E-state index in [0.717, 1.165) is 23.4 Å². The zero-order chi connectivity index (χ0) is 13.0. The molecule has 1 saturated heterocycles. The van der Waals surface area contributed by atoms with Crippen LogP contribution in [0.4, 0.5) is 0 Å². The summed E-state index contributed by atoms with van der Waals surface area (Å²) in [6.45, 7) is 2.26. The Bertz CT molecular complexity index is 414. The molecule has 0 radical (unpaired) electrons. The highest BCUT2D eigenvalue weighted by Gasteiger charge is 2.31. The van der Waals surface area contributed by atoms with Crippen LogP contribution >= 0.6 is 11.8 Å². The number of carbonyl (C=O) groups is 1. The molecule has 2 heterocycles. The number of thioether (sulfide) groups is 1. The van der Waals surface area contributed by atoms with Gasteiger partial charge in [0, 0.05) is 24.2 Å². The molecule has 4 nitrogen and oxygen atoms in total. The average Bonchev–Trinajstić information content (AvgIpc) is 2.78. The fraction of sp³-hybridized carbons (Fsp3) is 0.538. The fourth-order valence-electron chi connectivity index (χ4n) is 1.85. The molecule has 0 aliphatic carbocycles. The highest BCUT2D eigenvalue weighted by Crippen LogP contribution is 2.26. The van der Waals surface area contributed by atoms with Crippen molar-refractivity contribution in [3.8, 4) is 0 Å². The van der Waals surface area contributed by atoms with Crippen molar-refractivity contribution >= 4 is 17.7 Å². The predicted molar refractivity (Wildman–Crippen MR) is 72.6 cm³/mol. The lowest BCUT2D eigenvalue weighted by molar-refractivity contribution is -0.121. The zero-order valence-corrected chi connectivity index (χ0v) is 11.3. The van der Waals surface area contributed by atoms with E-state index in [4.69, 9.17) is 0 Å². The molecule has 18 heavy (non-hydrogen) atoms. The first-order valence-corrected chi connectivity index (χ1v) is 7.21. The van der Waals surface area contributed by atoms with E-state index in [-0.39, 0.29) is 5.91 Å². The summed E-state index contributed by atoms with van der Waals surface area (Å²) in [6.07, 6.45) is 2.79. The van der Waals surface area contributed by atoms with Crippen molar-refractivity contribution in [3.63, 3.8) is 0 Å². The van der Waals surface area contributed by atoms with E-state index in [0.29, 0.717) is 18.7 Å². The number of nitrogens with zero attached hydrogens (tertiary/aromatic N) is 1. The fourth-order valence-corrected chi connectivity index (χ4v) is 3.14. The summed E-state index contributed by atoms with van der Waals surface area (Å²) in [7, 11) is 0. The summed E-state index contributed by atoms with van der Waals surface area (Å²) in [5, 5.41) is 12.9. The normalized spacial score (nSPS) is 23.0. The molecular formula is C13H18N2O2S. The predicted octanol–water partition coefficient (Wildman–Crippen LogP) is 0.917. The summed E-state index contributed by atoms with van der Waals surface area (Å²) in [4.78, 5) is 15.9. The van der Waals surface area contributed by atoms with Gasteiger partial charge in [-0.1, -0.05) is 6.07 Å². The second kappa shape index (κ2) is 5.71. The van der Waals surface area contributed by atoms with Gasteiger partial charge in [-0.25, -0.2) is 0 Å². The van der Waals surface area contributed by atoms with Crippen LogP contribution in [0, 0.1) is 6.92 Å². The molecule has 0 saturated carbocycles. The highest BCUT2D eigenvalue weighted by molar-refractivity contribution is 7.99. The Morgan fingerprint density at radius 2 is 2.44 bits per heavy atom. The number of aliphatic hydroxyl groups is 1. The Labute approximate surface area is 111 Å². The lowest BCUT2D eigenvalue weighted by atomic mass is 10.0. The summed E-state index contributed by atoms with van der Waals surface area (Å²) in [6, 6.07) is 3.80. The Kier molecular flexibility index (Phi) is 4.24. The van der Waals surface area contributed by atoms with Gasteiger partial charge in [0.15, 0.2) is 0 Å². The second-order valence-corrected chi connectivity index (χ2v) is 5.89. The topological polar surface area (TPSA) is 62.2 Å².